The molecule has 2 aromatic rings. The Morgan fingerprint density at radius 3 is 2.52 bits per heavy atom. The van der Waals surface area contributed by atoms with E-state index in [2.05, 4.69) is 5.32 Å². The molecule has 1 aromatic heterocycles. The maximum Gasteiger partial charge on any atom is 0.416 e. The molecule has 2 aliphatic heterocycles. The molecule has 12 heteroatoms. The monoisotopic (exact) mass is 502 g/mol. The molecular weight excluding hydrogens is 477 g/mol. The summed E-state index contributed by atoms with van der Waals surface area (Å²) in [5.41, 5.74) is -0.140. The van der Waals surface area contributed by atoms with E-state index in [1.165, 1.54) is 16.4 Å². The van der Waals surface area contributed by atoms with E-state index in [-0.39, 0.29) is 41.8 Å². The maximum absolute atomic E-state index is 13.1. The van der Waals surface area contributed by atoms with Crippen LogP contribution in [0, 0.1) is 0 Å². The number of nitrogens with one attached hydrogen (secondary N) is 1. The fraction of sp³-hybridized carbons (Fsp3) is 0.476. The van der Waals surface area contributed by atoms with Crippen LogP contribution in [0.25, 0.3) is 0 Å². The normalized spacial score (nSPS) is 23.5. The van der Waals surface area contributed by atoms with Gasteiger partial charge in [-0.2, -0.15) is 17.5 Å². The molecule has 2 fully saturated rings. The number of thiophene rings is 1. The molecule has 33 heavy (non-hydrogen) atoms. The summed E-state index contributed by atoms with van der Waals surface area (Å²) in [6.45, 7) is 3.78. The van der Waals surface area contributed by atoms with E-state index in [4.69, 9.17) is 0 Å². The average Bonchev–Trinajstić information content (AvgIpc) is 3.32. The second kappa shape index (κ2) is 9.24. The second-order valence-electron chi connectivity index (χ2n) is 8.27. The quantitative estimate of drug-likeness (QED) is 0.680. The van der Waals surface area contributed by atoms with Crippen molar-refractivity contribution in [3.63, 3.8) is 0 Å². The Bertz CT molecular complexity index is 1080. The van der Waals surface area contributed by atoms with Crippen LogP contribution in [0.15, 0.2) is 46.0 Å². The number of hydrogen-bond acceptors (Lipinski definition) is 6. The van der Waals surface area contributed by atoms with E-state index in [1.54, 1.807) is 17.5 Å². The third-order valence-electron chi connectivity index (χ3n) is 6.07. The van der Waals surface area contributed by atoms with E-state index in [1.807, 2.05) is 16.7 Å². The van der Waals surface area contributed by atoms with Gasteiger partial charge < -0.3 is 10.2 Å². The third-order valence-corrected chi connectivity index (χ3v) is 9.31. The molecule has 0 unspecified atom stereocenters. The van der Waals surface area contributed by atoms with Gasteiger partial charge in [0.05, 0.1) is 18.2 Å². The van der Waals surface area contributed by atoms with Crippen molar-refractivity contribution in [2.45, 2.75) is 29.4 Å². The Labute approximate surface area is 194 Å². The largest absolute Gasteiger partial charge is 0.416 e. The highest BCUT2D eigenvalue weighted by Crippen LogP contribution is 2.32. The number of alkyl halides is 3. The molecule has 2 aliphatic rings. The summed E-state index contributed by atoms with van der Waals surface area (Å²) >= 11 is 1.15. The minimum atomic E-state index is -4.43. The highest BCUT2D eigenvalue weighted by Gasteiger charge is 2.37. The number of rotatable bonds is 5. The number of halogens is 3. The summed E-state index contributed by atoms with van der Waals surface area (Å²) in [6, 6.07) is 7.89. The van der Waals surface area contributed by atoms with Gasteiger partial charge in [-0.15, -0.1) is 11.3 Å². The fourth-order valence-corrected chi connectivity index (χ4v) is 6.84. The van der Waals surface area contributed by atoms with E-state index >= 15 is 0 Å². The van der Waals surface area contributed by atoms with Crippen LogP contribution in [0.2, 0.25) is 0 Å². The lowest BCUT2D eigenvalue weighted by atomic mass is 10.1. The van der Waals surface area contributed by atoms with Crippen LogP contribution in [0.3, 0.4) is 0 Å². The molecule has 1 aromatic carbocycles. The topological polar surface area (TPSA) is 73.0 Å². The molecule has 0 spiro atoms. The molecule has 4 rings (SSSR count). The van der Waals surface area contributed by atoms with Crippen molar-refractivity contribution in [2.24, 2.45) is 0 Å². The molecule has 0 radical (unpaired) electrons. The number of amides is 1. The molecule has 180 valence electrons. The molecule has 1 amide bonds. The van der Waals surface area contributed by atoms with Gasteiger partial charge in [0.15, 0.2) is 0 Å². The Morgan fingerprint density at radius 2 is 1.88 bits per heavy atom. The summed E-state index contributed by atoms with van der Waals surface area (Å²) in [7, 11) is -3.67. The molecular formula is C21H25F3N4O3S2. The first-order valence-electron chi connectivity index (χ1n) is 10.5. The molecule has 3 heterocycles. The SMILES string of the molecule is C[C@@H]1CNC(=O)CN1C[C@H]1CN(S(=O)(=O)c2cccs2)CCN1c1ccc(C(F)(F)F)cc1. The number of piperazine rings is 2. The molecule has 2 saturated heterocycles. The van der Waals surface area contributed by atoms with E-state index in [0.29, 0.717) is 25.3 Å². The zero-order valence-electron chi connectivity index (χ0n) is 18.0. The Kier molecular flexibility index (Phi) is 6.72. The lowest BCUT2D eigenvalue weighted by molar-refractivity contribution is -0.137. The van der Waals surface area contributed by atoms with Gasteiger partial charge in [0, 0.05) is 44.5 Å². The summed E-state index contributed by atoms with van der Waals surface area (Å²) in [6.07, 6.45) is -4.43. The summed E-state index contributed by atoms with van der Waals surface area (Å²) in [5.74, 6) is -0.104. The predicted octanol–water partition coefficient (Wildman–Crippen LogP) is 2.47. The van der Waals surface area contributed by atoms with Crippen LogP contribution >= 0.6 is 11.3 Å². The van der Waals surface area contributed by atoms with Gasteiger partial charge in [-0.3, -0.25) is 9.69 Å². The number of carbonyl (C=O) groups is 1. The van der Waals surface area contributed by atoms with Crippen molar-refractivity contribution < 1.29 is 26.4 Å². The second-order valence-corrected chi connectivity index (χ2v) is 11.4. The van der Waals surface area contributed by atoms with Gasteiger partial charge in [0.25, 0.3) is 10.0 Å². The van der Waals surface area contributed by atoms with E-state index < -0.39 is 21.8 Å². The standard InChI is InChI=1S/C21H25F3N4O3S2/c1-15-11-25-19(29)14-26(15)12-18-13-27(33(30,31)20-3-2-10-32-20)8-9-28(18)17-6-4-16(5-7-17)21(22,23)24/h2-7,10,15,18H,8-9,11-14H2,1H3,(H,25,29)/t15-,18+/m1/s1. The van der Waals surface area contributed by atoms with Crippen molar-refractivity contribution in [1.82, 2.24) is 14.5 Å². The highest BCUT2D eigenvalue weighted by atomic mass is 32.2. The minimum absolute atomic E-state index is 0.0569. The molecule has 7 nitrogen and oxygen atoms in total. The summed E-state index contributed by atoms with van der Waals surface area (Å²) < 4.78 is 67.0. The van der Waals surface area contributed by atoms with Crippen molar-refractivity contribution in [1.29, 1.82) is 0 Å². The first kappa shape index (κ1) is 24.0. The molecule has 1 N–H and O–H groups in total. The smallest absolute Gasteiger partial charge is 0.365 e. The van der Waals surface area contributed by atoms with E-state index in [9.17, 15) is 26.4 Å². The van der Waals surface area contributed by atoms with Gasteiger partial charge in [0.1, 0.15) is 4.21 Å². The Hall–Kier alpha value is -2.15. The average molecular weight is 503 g/mol. The fourth-order valence-electron chi connectivity index (χ4n) is 4.22. The van der Waals surface area contributed by atoms with Crippen LogP contribution in [-0.2, 0) is 21.0 Å². The zero-order chi connectivity index (χ0) is 23.8. The minimum Gasteiger partial charge on any atom is -0.365 e. The molecule has 0 aliphatic carbocycles. The van der Waals surface area contributed by atoms with Crippen LogP contribution < -0.4 is 10.2 Å². The predicted molar refractivity (Wildman–Crippen MR) is 120 cm³/mol. The van der Waals surface area contributed by atoms with Gasteiger partial charge in [-0.05, 0) is 42.6 Å². The molecule has 2 atom stereocenters. The van der Waals surface area contributed by atoms with E-state index in [0.717, 1.165) is 23.5 Å². The number of carbonyl (C=O) groups excluding carboxylic acids is 1. The van der Waals surface area contributed by atoms with Crippen LogP contribution in [0.4, 0.5) is 18.9 Å². The molecule has 0 saturated carbocycles. The first-order valence-corrected chi connectivity index (χ1v) is 12.9. The zero-order valence-corrected chi connectivity index (χ0v) is 19.6. The highest BCUT2D eigenvalue weighted by molar-refractivity contribution is 7.91. The van der Waals surface area contributed by atoms with Gasteiger partial charge in [-0.1, -0.05) is 6.07 Å². The number of anilines is 1. The van der Waals surface area contributed by atoms with Gasteiger partial charge in [-0.25, -0.2) is 8.42 Å². The van der Waals surface area contributed by atoms with Crippen LogP contribution in [0.1, 0.15) is 12.5 Å². The van der Waals surface area contributed by atoms with Crippen molar-refractivity contribution in [3.8, 4) is 0 Å². The maximum atomic E-state index is 13.1. The number of sulfonamides is 1. The number of hydrogen-bond donors (Lipinski definition) is 1. The lowest BCUT2D eigenvalue weighted by Crippen LogP contribution is -2.62. The van der Waals surface area contributed by atoms with Crippen molar-refractivity contribution >= 4 is 33.0 Å². The Balaban J connectivity index is 1.60. The molecule has 0 bridgehead atoms. The van der Waals surface area contributed by atoms with Gasteiger partial charge in [0.2, 0.25) is 5.91 Å². The van der Waals surface area contributed by atoms with Crippen molar-refractivity contribution in [3.05, 3.63) is 47.3 Å². The summed E-state index contributed by atoms with van der Waals surface area (Å²) in [4.78, 5) is 15.9. The first-order chi connectivity index (χ1) is 15.6. The summed E-state index contributed by atoms with van der Waals surface area (Å²) in [5, 5.41) is 4.51. The van der Waals surface area contributed by atoms with Gasteiger partial charge >= 0.3 is 6.18 Å². The number of benzene rings is 1. The Morgan fingerprint density at radius 1 is 1.15 bits per heavy atom. The van der Waals surface area contributed by atoms with Crippen LogP contribution in [0.5, 0.6) is 0 Å². The third kappa shape index (κ3) is 5.18. The van der Waals surface area contributed by atoms with Crippen LogP contribution in [-0.4, -0.2) is 74.9 Å². The van der Waals surface area contributed by atoms with Crippen molar-refractivity contribution in [2.75, 3.05) is 44.2 Å². The number of nitrogens with zero attached hydrogens (tertiary/aromatic N) is 3. The lowest BCUT2D eigenvalue weighted by Gasteiger charge is -2.45.